The predicted molar refractivity (Wildman–Crippen MR) is 57.9 cm³/mol. The Hall–Kier alpha value is -0.620. The van der Waals surface area contributed by atoms with Gasteiger partial charge in [-0.25, -0.2) is 0 Å². The van der Waals surface area contributed by atoms with Crippen molar-refractivity contribution in [2.24, 2.45) is 5.41 Å². The Morgan fingerprint density at radius 1 is 1.40 bits per heavy atom. The molecule has 0 saturated carbocycles. The topological polar surface area (TPSA) is 72.5 Å². The summed E-state index contributed by atoms with van der Waals surface area (Å²) in [6, 6.07) is 0. The molecule has 15 heavy (non-hydrogen) atoms. The molecule has 0 atom stereocenters. The minimum Gasteiger partial charge on any atom is -0.355 e. The summed E-state index contributed by atoms with van der Waals surface area (Å²) in [5.74, 6) is -0.342. The van der Waals surface area contributed by atoms with Gasteiger partial charge in [0, 0.05) is 12.0 Å². The summed E-state index contributed by atoms with van der Waals surface area (Å²) in [6.45, 7) is 5.62. The molecule has 90 valence electrons. The van der Waals surface area contributed by atoms with E-state index in [1.807, 2.05) is 20.8 Å². The van der Waals surface area contributed by atoms with Gasteiger partial charge in [0.1, 0.15) is 0 Å². The standard InChI is InChI=1S/C9H19NO4S/c1-5-9(2,3)8(11)10-6-7-15(12,13)14-4/h5-7H2,1-4H3,(H,10,11). The number of amides is 1. The van der Waals surface area contributed by atoms with E-state index in [1.165, 1.54) is 0 Å². The van der Waals surface area contributed by atoms with Crippen LogP contribution in [0.4, 0.5) is 0 Å². The van der Waals surface area contributed by atoms with Crippen molar-refractivity contribution < 1.29 is 17.4 Å². The van der Waals surface area contributed by atoms with Gasteiger partial charge in [-0.15, -0.1) is 0 Å². The normalized spacial score (nSPS) is 12.5. The molecule has 0 radical (unpaired) electrons. The van der Waals surface area contributed by atoms with Gasteiger partial charge in [-0.1, -0.05) is 20.8 Å². The van der Waals surface area contributed by atoms with E-state index in [1.54, 1.807) is 0 Å². The summed E-state index contributed by atoms with van der Waals surface area (Å²) in [6.07, 6.45) is 0.704. The van der Waals surface area contributed by atoms with Gasteiger partial charge in [-0.3, -0.25) is 8.98 Å². The van der Waals surface area contributed by atoms with Gasteiger partial charge in [0.15, 0.2) is 0 Å². The Morgan fingerprint density at radius 3 is 2.33 bits per heavy atom. The van der Waals surface area contributed by atoms with Crippen LogP contribution in [-0.4, -0.2) is 33.7 Å². The van der Waals surface area contributed by atoms with E-state index in [-0.39, 0.29) is 18.2 Å². The maximum absolute atomic E-state index is 11.5. The average molecular weight is 237 g/mol. The van der Waals surface area contributed by atoms with Crippen LogP contribution < -0.4 is 5.32 Å². The van der Waals surface area contributed by atoms with E-state index in [0.717, 1.165) is 7.11 Å². The molecule has 0 bridgehead atoms. The van der Waals surface area contributed by atoms with Crippen LogP contribution in [-0.2, 0) is 19.1 Å². The summed E-state index contributed by atoms with van der Waals surface area (Å²) >= 11 is 0. The quantitative estimate of drug-likeness (QED) is 0.683. The van der Waals surface area contributed by atoms with Crippen molar-refractivity contribution in [3.8, 4) is 0 Å². The lowest BCUT2D eigenvalue weighted by atomic mass is 9.89. The molecular weight excluding hydrogens is 218 g/mol. The molecule has 6 heteroatoms. The van der Waals surface area contributed by atoms with Gasteiger partial charge >= 0.3 is 0 Å². The zero-order valence-electron chi connectivity index (χ0n) is 9.66. The Kier molecular flexibility index (Phi) is 5.23. The molecule has 0 aromatic rings. The number of rotatable bonds is 6. The molecule has 0 saturated heterocycles. The van der Waals surface area contributed by atoms with Gasteiger partial charge in [0.25, 0.3) is 10.1 Å². The van der Waals surface area contributed by atoms with Gasteiger partial charge in [-0.05, 0) is 6.42 Å². The molecule has 0 heterocycles. The van der Waals surface area contributed by atoms with Crippen LogP contribution in [0.3, 0.4) is 0 Å². The number of hydrogen-bond acceptors (Lipinski definition) is 4. The van der Waals surface area contributed by atoms with E-state index in [4.69, 9.17) is 0 Å². The third kappa shape index (κ3) is 5.13. The lowest BCUT2D eigenvalue weighted by molar-refractivity contribution is -0.129. The highest BCUT2D eigenvalue weighted by atomic mass is 32.2. The van der Waals surface area contributed by atoms with Gasteiger partial charge in [0.2, 0.25) is 5.91 Å². The minimum absolute atomic E-state index is 0.0818. The molecule has 1 N–H and O–H groups in total. The van der Waals surface area contributed by atoms with Gasteiger partial charge in [0.05, 0.1) is 12.9 Å². The Balaban J connectivity index is 4.04. The van der Waals surface area contributed by atoms with Crippen LogP contribution in [0, 0.1) is 5.41 Å². The fraction of sp³-hybridized carbons (Fsp3) is 0.889. The van der Waals surface area contributed by atoms with Crippen molar-refractivity contribution in [3.05, 3.63) is 0 Å². The van der Waals surface area contributed by atoms with Crippen molar-refractivity contribution in [1.82, 2.24) is 5.32 Å². The fourth-order valence-corrected chi connectivity index (χ4v) is 1.29. The molecule has 0 aromatic heterocycles. The minimum atomic E-state index is -3.48. The molecule has 0 spiro atoms. The highest BCUT2D eigenvalue weighted by Gasteiger charge is 2.25. The van der Waals surface area contributed by atoms with Crippen molar-refractivity contribution in [3.63, 3.8) is 0 Å². The molecule has 0 unspecified atom stereocenters. The van der Waals surface area contributed by atoms with Crippen LogP contribution in [0.2, 0.25) is 0 Å². The van der Waals surface area contributed by atoms with E-state index in [2.05, 4.69) is 9.50 Å². The Morgan fingerprint density at radius 2 is 1.93 bits per heavy atom. The van der Waals surface area contributed by atoms with Crippen LogP contribution in [0.15, 0.2) is 0 Å². The molecule has 0 aliphatic rings. The third-order valence-electron chi connectivity index (χ3n) is 2.39. The number of carbonyl (C=O) groups excluding carboxylic acids is 1. The number of carbonyl (C=O) groups is 1. The lowest BCUT2D eigenvalue weighted by Gasteiger charge is -2.21. The van der Waals surface area contributed by atoms with E-state index >= 15 is 0 Å². The van der Waals surface area contributed by atoms with Gasteiger partial charge < -0.3 is 5.32 Å². The van der Waals surface area contributed by atoms with E-state index in [9.17, 15) is 13.2 Å². The summed E-state index contributed by atoms with van der Waals surface area (Å²) in [4.78, 5) is 11.5. The number of nitrogens with one attached hydrogen (secondary N) is 1. The third-order valence-corrected chi connectivity index (χ3v) is 3.60. The van der Waals surface area contributed by atoms with Gasteiger partial charge in [-0.2, -0.15) is 8.42 Å². The largest absolute Gasteiger partial charge is 0.355 e. The van der Waals surface area contributed by atoms with Crippen molar-refractivity contribution in [2.45, 2.75) is 27.2 Å². The molecule has 0 aliphatic carbocycles. The fourth-order valence-electron chi connectivity index (χ4n) is 0.773. The second-order valence-corrected chi connectivity index (χ2v) is 5.78. The van der Waals surface area contributed by atoms with Crippen LogP contribution in [0.25, 0.3) is 0 Å². The first-order valence-electron chi connectivity index (χ1n) is 4.82. The lowest BCUT2D eigenvalue weighted by Crippen LogP contribution is -2.38. The van der Waals surface area contributed by atoms with E-state index < -0.39 is 15.5 Å². The maximum Gasteiger partial charge on any atom is 0.268 e. The van der Waals surface area contributed by atoms with Crippen LogP contribution >= 0.6 is 0 Å². The predicted octanol–water partition coefficient (Wildman–Crippen LogP) is 0.515. The monoisotopic (exact) mass is 237 g/mol. The Bertz CT molecular complexity index is 308. The highest BCUT2D eigenvalue weighted by Crippen LogP contribution is 2.19. The molecule has 0 rings (SSSR count). The number of hydrogen-bond donors (Lipinski definition) is 1. The zero-order chi connectivity index (χ0) is 12.1. The zero-order valence-corrected chi connectivity index (χ0v) is 10.5. The first-order chi connectivity index (χ1) is 6.75. The van der Waals surface area contributed by atoms with Crippen molar-refractivity contribution in [2.75, 3.05) is 19.4 Å². The molecular formula is C9H19NO4S. The van der Waals surface area contributed by atoms with Crippen molar-refractivity contribution in [1.29, 1.82) is 0 Å². The van der Waals surface area contributed by atoms with Crippen LogP contribution in [0.1, 0.15) is 27.2 Å². The second kappa shape index (κ2) is 5.46. The summed E-state index contributed by atoms with van der Waals surface area (Å²) < 4.78 is 26.1. The first kappa shape index (κ1) is 14.4. The smallest absolute Gasteiger partial charge is 0.268 e. The van der Waals surface area contributed by atoms with Crippen LogP contribution in [0.5, 0.6) is 0 Å². The molecule has 0 aliphatic heterocycles. The molecule has 5 nitrogen and oxygen atoms in total. The maximum atomic E-state index is 11.5. The Labute approximate surface area is 91.3 Å². The SMILES string of the molecule is CCC(C)(C)C(=O)NCCS(=O)(=O)OC. The summed E-state index contributed by atoms with van der Waals surface area (Å²) in [7, 11) is -2.38. The molecule has 1 amide bonds. The average Bonchev–Trinajstić information content (AvgIpc) is 2.17. The van der Waals surface area contributed by atoms with Crippen molar-refractivity contribution >= 4 is 16.0 Å². The van der Waals surface area contributed by atoms with E-state index in [0.29, 0.717) is 6.42 Å². The molecule has 0 fully saturated rings. The second-order valence-electron chi connectivity index (χ2n) is 3.92. The highest BCUT2D eigenvalue weighted by molar-refractivity contribution is 7.86. The summed E-state index contributed by atoms with van der Waals surface area (Å²) in [5, 5.41) is 2.57. The molecule has 0 aromatic carbocycles. The summed E-state index contributed by atoms with van der Waals surface area (Å²) in [5.41, 5.74) is -0.461. The first-order valence-corrected chi connectivity index (χ1v) is 6.39.